The highest BCUT2D eigenvalue weighted by Crippen LogP contribution is 2.45. The van der Waals surface area contributed by atoms with E-state index in [0.29, 0.717) is 12.8 Å². The van der Waals surface area contributed by atoms with Crippen LogP contribution in [-0.4, -0.2) is 74.7 Å². The van der Waals surface area contributed by atoms with E-state index in [1.54, 1.807) is 39.8 Å². The molecule has 1 unspecified atom stereocenters. The molecule has 2 N–H and O–H groups in total. The second kappa shape index (κ2) is 10.5. The maximum absolute atomic E-state index is 13.5. The molecule has 2 aliphatic carbocycles. The molecule has 220 valence electrons. The van der Waals surface area contributed by atoms with Crippen LogP contribution in [-0.2, 0) is 38.7 Å². The number of ether oxygens (including phenoxy) is 1. The summed E-state index contributed by atoms with van der Waals surface area (Å²) in [6.45, 7) is 10.1. The van der Waals surface area contributed by atoms with E-state index in [1.807, 2.05) is 0 Å². The Labute approximate surface area is 234 Å². The number of amides is 3. The van der Waals surface area contributed by atoms with Crippen LogP contribution in [0.15, 0.2) is 41.8 Å². The first-order chi connectivity index (χ1) is 18.5. The molecule has 0 bridgehead atoms. The lowest BCUT2D eigenvalue weighted by Crippen LogP contribution is -2.56. The molecule has 2 saturated carbocycles. The molecule has 1 saturated heterocycles. The molecule has 14 heteroatoms. The number of hydrogen-bond donors (Lipinski definition) is 2. The first-order valence-electron chi connectivity index (χ1n) is 13.0. The molecule has 3 aliphatic rings. The Kier molecular flexibility index (Phi) is 7.84. The van der Waals surface area contributed by atoms with Gasteiger partial charge in [-0.1, -0.05) is 23.8 Å². The molecule has 1 aliphatic heterocycles. The summed E-state index contributed by atoms with van der Waals surface area (Å²) in [5.74, 6) is -2.18. The molecule has 3 amide bonds. The third kappa shape index (κ3) is 6.50. The van der Waals surface area contributed by atoms with Gasteiger partial charge >= 0.3 is 6.09 Å². The van der Waals surface area contributed by atoms with Crippen LogP contribution in [0.1, 0.15) is 52.0 Å². The SMILES string of the molecule is C=CC1C[C@]1(NC(=O)[C@@H]1C[C@H](OS(=O)(=O)c2ccc(C)cc2)CN1C(=O)OC(C)(C)C)C(=O)NS(=O)(=O)C1CC1. The van der Waals surface area contributed by atoms with Crippen LogP contribution in [0, 0.1) is 12.8 Å². The molecular formula is C26H35N3O9S2. The van der Waals surface area contributed by atoms with Gasteiger partial charge in [-0.3, -0.25) is 23.4 Å². The third-order valence-corrected chi connectivity index (χ3v) is 10.2. The minimum absolute atomic E-state index is 0.0749. The number of hydrogen-bond acceptors (Lipinski definition) is 9. The highest BCUT2D eigenvalue weighted by Gasteiger charge is 2.62. The molecular weight excluding hydrogens is 562 g/mol. The zero-order valence-corrected chi connectivity index (χ0v) is 24.5. The van der Waals surface area contributed by atoms with Gasteiger partial charge < -0.3 is 10.1 Å². The maximum atomic E-state index is 13.5. The monoisotopic (exact) mass is 597 g/mol. The van der Waals surface area contributed by atoms with Crippen molar-refractivity contribution in [2.75, 3.05) is 6.54 Å². The average molecular weight is 598 g/mol. The number of carbonyl (C=O) groups is 3. The van der Waals surface area contributed by atoms with Crippen LogP contribution in [0.4, 0.5) is 4.79 Å². The van der Waals surface area contributed by atoms with Crippen molar-refractivity contribution in [3.05, 3.63) is 42.5 Å². The van der Waals surface area contributed by atoms with E-state index in [1.165, 1.54) is 18.2 Å². The Morgan fingerprint density at radius 3 is 2.25 bits per heavy atom. The topological polar surface area (TPSA) is 165 Å². The summed E-state index contributed by atoms with van der Waals surface area (Å²) >= 11 is 0. The normalized spacial score (nSPS) is 26.6. The van der Waals surface area contributed by atoms with Crippen LogP contribution in [0.5, 0.6) is 0 Å². The summed E-state index contributed by atoms with van der Waals surface area (Å²) < 4.78 is 63.5. The van der Waals surface area contributed by atoms with Crippen molar-refractivity contribution in [2.45, 2.75) is 86.8 Å². The number of nitrogens with one attached hydrogen (secondary N) is 2. The van der Waals surface area contributed by atoms with Crippen molar-refractivity contribution in [2.24, 2.45) is 5.92 Å². The van der Waals surface area contributed by atoms with Crippen molar-refractivity contribution in [1.82, 2.24) is 14.9 Å². The summed E-state index contributed by atoms with van der Waals surface area (Å²) in [5, 5.41) is 1.98. The van der Waals surface area contributed by atoms with Gasteiger partial charge in [-0.05, 0) is 59.1 Å². The number of benzene rings is 1. The molecule has 40 heavy (non-hydrogen) atoms. The van der Waals surface area contributed by atoms with E-state index >= 15 is 0 Å². The van der Waals surface area contributed by atoms with Crippen molar-refractivity contribution in [1.29, 1.82) is 0 Å². The van der Waals surface area contributed by atoms with Crippen molar-refractivity contribution >= 4 is 38.0 Å². The van der Waals surface area contributed by atoms with E-state index < -0.39 is 72.5 Å². The fraction of sp³-hybridized carbons (Fsp3) is 0.577. The van der Waals surface area contributed by atoms with Crippen LogP contribution in [0.25, 0.3) is 0 Å². The van der Waals surface area contributed by atoms with Gasteiger partial charge in [-0.15, -0.1) is 6.58 Å². The summed E-state index contributed by atoms with van der Waals surface area (Å²) in [4.78, 5) is 40.6. The molecule has 0 spiro atoms. The quantitative estimate of drug-likeness (QED) is 0.319. The fourth-order valence-corrected chi connectivity index (χ4v) is 7.04. The number of rotatable bonds is 9. The van der Waals surface area contributed by atoms with E-state index in [0.717, 1.165) is 10.5 Å². The van der Waals surface area contributed by atoms with Gasteiger partial charge in [0.2, 0.25) is 15.9 Å². The molecule has 4 rings (SSSR count). The van der Waals surface area contributed by atoms with Gasteiger partial charge in [0.25, 0.3) is 16.0 Å². The molecule has 1 aromatic rings. The first kappa shape index (κ1) is 30.0. The lowest BCUT2D eigenvalue weighted by molar-refractivity contribution is -0.131. The van der Waals surface area contributed by atoms with Crippen molar-refractivity contribution in [3.63, 3.8) is 0 Å². The average Bonchev–Trinajstić information content (AvgIpc) is 3.75. The van der Waals surface area contributed by atoms with E-state index in [-0.39, 0.29) is 24.3 Å². The highest BCUT2D eigenvalue weighted by atomic mass is 32.2. The smallest absolute Gasteiger partial charge is 0.411 e. The molecule has 1 aromatic carbocycles. The Morgan fingerprint density at radius 1 is 1.10 bits per heavy atom. The standard InChI is InChI=1S/C26H35N3O9S2/c1-6-17-14-26(17,23(31)28-39(33,34)19-11-12-19)27-22(30)21-13-18(15-29(21)24(32)37-25(3,4)5)38-40(35,36)20-9-7-16(2)8-10-20/h6-10,17-19,21H,1,11-15H2,2-5H3,(H,27,30)(H,28,31)/t17?,18-,21-,26+/m0/s1. The van der Waals surface area contributed by atoms with Gasteiger partial charge in [0.1, 0.15) is 17.2 Å². The van der Waals surface area contributed by atoms with Gasteiger partial charge in [0.15, 0.2) is 0 Å². The largest absolute Gasteiger partial charge is 0.444 e. The Bertz CT molecular complexity index is 1410. The van der Waals surface area contributed by atoms with Gasteiger partial charge in [-0.25, -0.2) is 13.2 Å². The third-order valence-electron chi connectivity index (χ3n) is 7.01. The zero-order valence-electron chi connectivity index (χ0n) is 22.9. The van der Waals surface area contributed by atoms with E-state index in [9.17, 15) is 31.2 Å². The van der Waals surface area contributed by atoms with Crippen molar-refractivity contribution in [3.8, 4) is 0 Å². The first-order valence-corrected chi connectivity index (χ1v) is 15.9. The number of aryl methyl sites for hydroxylation is 1. The van der Waals surface area contributed by atoms with Gasteiger partial charge in [0, 0.05) is 12.3 Å². The van der Waals surface area contributed by atoms with Gasteiger partial charge in [0.05, 0.1) is 22.8 Å². The molecule has 1 heterocycles. The molecule has 4 atom stereocenters. The molecule has 3 fully saturated rings. The minimum Gasteiger partial charge on any atom is -0.444 e. The number of carbonyl (C=O) groups excluding carboxylic acids is 3. The summed E-state index contributed by atoms with van der Waals surface area (Å²) in [5.41, 5.74) is -1.62. The van der Waals surface area contributed by atoms with Crippen LogP contribution < -0.4 is 10.0 Å². The maximum Gasteiger partial charge on any atom is 0.411 e. The summed E-state index contributed by atoms with van der Waals surface area (Å²) in [6.07, 6.45) is 0.326. The Hall–Kier alpha value is -2.97. The van der Waals surface area contributed by atoms with E-state index in [4.69, 9.17) is 8.92 Å². The fourth-order valence-electron chi connectivity index (χ4n) is 4.60. The predicted molar refractivity (Wildman–Crippen MR) is 144 cm³/mol. The lowest BCUT2D eigenvalue weighted by atomic mass is 10.1. The zero-order chi connectivity index (χ0) is 29.7. The number of nitrogens with zero attached hydrogens (tertiary/aromatic N) is 1. The summed E-state index contributed by atoms with van der Waals surface area (Å²) in [7, 11) is -8.09. The predicted octanol–water partition coefficient (Wildman–Crippen LogP) is 1.75. The van der Waals surface area contributed by atoms with E-state index in [2.05, 4.69) is 16.6 Å². The van der Waals surface area contributed by atoms with Crippen LogP contribution in [0.2, 0.25) is 0 Å². The Balaban J connectivity index is 1.54. The second-order valence-corrected chi connectivity index (χ2v) is 15.1. The van der Waals surface area contributed by atoms with Crippen LogP contribution in [0.3, 0.4) is 0 Å². The highest BCUT2D eigenvalue weighted by molar-refractivity contribution is 7.91. The Morgan fingerprint density at radius 2 is 1.73 bits per heavy atom. The molecule has 0 aromatic heterocycles. The van der Waals surface area contributed by atoms with Crippen molar-refractivity contribution < 1.29 is 40.1 Å². The minimum atomic E-state index is -4.22. The number of likely N-dealkylation sites (tertiary alicyclic amines) is 1. The number of sulfonamides is 1. The van der Waals surface area contributed by atoms with Gasteiger partial charge in [-0.2, -0.15) is 8.42 Å². The van der Waals surface area contributed by atoms with Crippen LogP contribution >= 0.6 is 0 Å². The molecule has 12 nitrogen and oxygen atoms in total. The summed E-state index contributed by atoms with van der Waals surface area (Å²) in [6, 6.07) is 4.79. The lowest BCUT2D eigenvalue weighted by Gasteiger charge is -2.29. The molecule has 0 radical (unpaired) electrons. The second-order valence-electron chi connectivity index (χ2n) is 11.6.